The first-order valence-corrected chi connectivity index (χ1v) is 23.6. The second-order valence-corrected chi connectivity index (χ2v) is 23.4. The van der Waals surface area contributed by atoms with Gasteiger partial charge < -0.3 is 14.7 Å². The van der Waals surface area contributed by atoms with Crippen molar-refractivity contribution in [1.29, 1.82) is 0 Å². The number of rotatable bonds is 6. The van der Waals surface area contributed by atoms with Crippen molar-refractivity contribution in [3.8, 4) is 54.9 Å². The van der Waals surface area contributed by atoms with Gasteiger partial charge in [0.05, 0.1) is 11.1 Å². The molecule has 356 valence electrons. The molecular formula is C56H52F6N2OPtS2. The summed E-state index contributed by atoms with van der Waals surface area (Å²) < 4.78 is 95.1. The summed E-state index contributed by atoms with van der Waals surface area (Å²) in [6, 6.07) is 33.1. The summed E-state index contributed by atoms with van der Waals surface area (Å²) in [6.45, 7) is 24.8. The van der Waals surface area contributed by atoms with Crippen molar-refractivity contribution in [3.05, 3.63) is 143 Å². The average molecular weight is 1140 g/mol. The summed E-state index contributed by atoms with van der Waals surface area (Å²) in [5.74, 6) is 0.533. The number of aromatic nitrogens is 2. The van der Waals surface area contributed by atoms with E-state index in [2.05, 4.69) is 63.6 Å². The fraction of sp³-hybridized carbons (Fsp3) is 0.321. The molecule has 0 radical (unpaired) electrons. The third-order valence-electron chi connectivity index (χ3n) is 12.0. The van der Waals surface area contributed by atoms with Crippen LogP contribution in [0, 0.1) is 12.1 Å². The largest absolute Gasteiger partial charge is 2.00 e. The van der Waals surface area contributed by atoms with Gasteiger partial charge in [-0.1, -0.05) is 156 Å². The van der Waals surface area contributed by atoms with E-state index in [0.29, 0.717) is 41.7 Å². The number of ether oxygens (including phenoxy) is 1. The monoisotopic (exact) mass is 1140 g/mol. The van der Waals surface area contributed by atoms with E-state index in [1.54, 1.807) is 12.1 Å². The topological polar surface area (TPSA) is 35.0 Å². The molecule has 0 fully saturated rings. The van der Waals surface area contributed by atoms with Crippen molar-refractivity contribution in [2.75, 3.05) is 0 Å². The molecule has 0 aliphatic rings. The summed E-state index contributed by atoms with van der Waals surface area (Å²) in [6.07, 6.45) is -7.52. The number of nitrogens with zero attached hydrogens (tertiary/aromatic N) is 2. The molecule has 0 unspecified atom stereocenters. The van der Waals surface area contributed by atoms with Gasteiger partial charge in [-0.2, -0.15) is 26.3 Å². The Kier molecular flexibility index (Phi) is 13.4. The molecule has 0 N–H and O–H groups in total. The van der Waals surface area contributed by atoms with E-state index >= 15 is 0 Å². The summed E-state index contributed by atoms with van der Waals surface area (Å²) in [7, 11) is 0. The van der Waals surface area contributed by atoms with Gasteiger partial charge in [0, 0.05) is 54.4 Å². The molecule has 68 heavy (non-hydrogen) atoms. The zero-order chi connectivity index (χ0) is 48.8. The van der Waals surface area contributed by atoms with Gasteiger partial charge in [0.25, 0.3) is 0 Å². The third kappa shape index (κ3) is 10.5. The Bertz CT molecular complexity index is 2940. The van der Waals surface area contributed by atoms with E-state index in [0.717, 1.165) is 45.8 Å². The Morgan fingerprint density at radius 1 is 0.441 bits per heavy atom. The van der Waals surface area contributed by atoms with Gasteiger partial charge in [-0.3, -0.25) is 0 Å². The Hall–Kier alpha value is -4.83. The van der Waals surface area contributed by atoms with Crippen molar-refractivity contribution in [1.82, 2.24) is 9.97 Å². The minimum atomic E-state index is -4.65. The molecule has 0 aliphatic carbocycles. The van der Waals surface area contributed by atoms with E-state index in [1.165, 1.54) is 22.7 Å². The van der Waals surface area contributed by atoms with E-state index < -0.39 is 34.3 Å². The Morgan fingerprint density at radius 2 is 0.765 bits per heavy atom. The van der Waals surface area contributed by atoms with E-state index in [9.17, 15) is 26.3 Å². The molecule has 8 rings (SSSR count). The van der Waals surface area contributed by atoms with Crippen molar-refractivity contribution in [2.24, 2.45) is 0 Å². The minimum Gasteiger partial charge on any atom is -0.497 e. The minimum absolute atomic E-state index is 0. The number of alkyl halides is 6. The molecule has 0 atom stereocenters. The summed E-state index contributed by atoms with van der Waals surface area (Å²) in [5, 5.41) is 0.0820. The summed E-state index contributed by atoms with van der Waals surface area (Å²) >= 11 is 2.48. The molecule has 0 aliphatic heterocycles. The maximum atomic E-state index is 14.6. The first kappa shape index (κ1) is 51.0. The van der Waals surface area contributed by atoms with Gasteiger partial charge in [-0.25, -0.2) is 0 Å². The predicted octanol–water partition coefficient (Wildman–Crippen LogP) is 18.2. The van der Waals surface area contributed by atoms with Crippen LogP contribution in [0.5, 0.6) is 11.5 Å². The number of thiophene rings is 2. The van der Waals surface area contributed by atoms with Gasteiger partial charge >= 0.3 is 33.4 Å². The first-order chi connectivity index (χ1) is 30.9. The van der Waals surface area contributed by atoms with Crippen molar-refractivity contribution in [2.45, 2.75) is 117 Å². The van der Waals surface area contributed by atoms with Crippen LogP contribution in [0.25, 0.3) is 63.6 Å². The number of hydrogen-bond acceptors (Lipinski definition) is 5. The Morgan fingerprint density at radius 3 is 1.06 bits per heavy atom. The second-order valence-electron chi connectivity index (χ2n) is 21.3. The van der Waals surface area contributed by atoms with E-state index in [4.69, 9.17) is 4.74 Å². The SMILES string of the molecule is CC(C)(C)c1ccc(-c2cc3c(C(F)(F)F)cnc(-c4[c-]c(Oc5[c-]c(-c6ncc(C(F)(F)F)c7cc(-c8ccc(C(C)(C)C)cc8)sc67)cc(C(C)(C)C)c5)cc(C(C)(C)C)c4)c3s2)cc1.[Pt+2]. The molecule has 8 aromatic rings. The first-order valence-electron chi connectivity index (χ1n) is 22.0. The van der Waals surface area contributed by atoms with Gasteiger partial charge in [0.1, 0.15) is 0 Å². The maximum Gasteiger partial charge on any atom is 2.00 e. The average Bonchev–Trinajstić information content (AvgIpc) is 3.87. The molecule has 0 bridgehead atoms. The third-order valence-corrected chi connectivity index (χ3v) is 14.3. The molecule has 0 spiro atoms. The van der Waals surface area contributed by atoms with Crippen LogP contribution in [0.2, 0.25) is 0 Å². The van der Waals surface area contributed by atoms with Crippen LogP contribution >= 0.6 is 22.7 Å². The molecule has 4 heterocycles. The Balaban J connectivity index is 0.00000684. The zero-order valence-electron chi connectivity index (χ0n) is 39.9. The number of halogens is 6. The molecule has 0 amide bonds. The van der Waals surface area contributed by atoms with Gasteiger partial charge in [-0.05, 0) is 66.8 Å². The molecule has 12 heteroatoms. The van der Waals surface area contributed by atoms with Gasteiger partial charge in [-0.15, -0.1) is 57.1 Å². The summed E-state index contributed by atoms with van der Waals surface area (Å²) in [5.41, 5.74) is 4.25. The van der Waals surface area contributed by atoms with Crippen LogP contribution in [-0.4, -0.2) is 9.97 Å². The normalized spacial score (nSPS) is 13.0. The van der Waals surface area contributed by atoms with Crippen LogP contribution in [-0.2, 0) is 55.1 Å². The number of pyridine rings is 2. The van der Waals surface area contributed by atoms with Crippen LogP contribution in [0.15, 0.2) is 97.3 Å². The molecule has 4 aromatic carbocycles. The standard InChI is InChI=1S/C56H52F6N2OS2.Pt/c1-51(2,3)35-17-13-31(14-18-35)45-27-41-43(55(57,58)59)29-63-47(49(41)66-45)33-21-37(53(7,8)9)25-39(23-33)65-40-24-34(22-38(26-40)54(10,11)12)48-50-42(44(30-64-48)56(60,61)62)28-46(67-50)32-15-19-36(20-16-32)52(4,5)6;/h13-22,25-30H,1-12H3;/q-2;+2. The number of benzene rings is 4. The van der Waals surface area contributed by atoms with E-state index in [-0.39, 0.29) is 54.2 Å². The van der Waals surface area contributed by atoms with E-state index in [1.807, 2.05) is 114 Å². The van der Waals surface area contributed by atoms with Crippen LogP contribution in [0.4, 0.5) is 26.3 Å². The zero-order valence-corrected chi connectivity index (χ0v) is 43.8. The van der Waals surface area contributed by atoms with Gasteiger partial charge in [0.2, 0.25) is 0 Å². The van der Waals surface area contributed by atoms with Crippen molar-refractivity contribution < 1.29 is 52.1 Å². The Labute approximate surface area is 417 Å². The molecule has 4 aromatic heterocycles. The van der Waals surface area contributed by atoms with Crippen LogP contribution < -0.4 is 4.74 Å². The number of hydrogen-bond donors (Lipinski definition) is 0. The van der Waals surface area contributed by atoms with Crippen molar-refractivity contribution >= 4 is 42.8 Å². The fourth-order valence-corrected chi connectivity index (χ4v) is 10.3. The number of fused-ring (bicyclic) bond motifs is 2. The smallest absolute Gasteiger partial charge is 0.497 e. The molecule has 0 saturated carbocycles. The second kappa shape index (κ2) is 17.8. The molecule has 0 saturated heterocycles. The van der Waals surface area contributed by atoms with Crippen LogP contribution in [0.1, 0.15) is 116 Å². The quantitative estimate of drug-likeness (QED) is 0.123. The fourth-order valence-electron chi connectivity index (χ4n) is 7.87. The summed E-state index contributed by atoms with van der Waals surface area (Å²) in [4.78, 5) is 10.3. The van der Waals surface area contributed by atoms with Crippen LogP contribution in [0.3, 0.4) is 0 Å². The molecular weight excluding hydrogens is 1090 g/mol. The maximum absolute atomic E-state index is 14.6. The van der Waals surface area contributed by atoms with Crippen molar-refractivity contribution in [3.63, 3.8) is 0 Å². The predicted molar refractivity (Wildman–Crippen MR) is 264 cm³/mol. The molecule has 3 nitrogen and oxygen atoms in total. The van der Waals surface area contributed by atoms with Gasteiger partial charge in [0.15, 0.2) is 0 Å².